The number of nitrogens with one attached hydrogen (secondary N) is 1. The molecule has 0 aromatic heterocycles. The van der Waals surface area contributed by atoms with Gasteiger partial charge in [0.25, 0.3) is 0 Å². The maximum Gasteiger partial charge on any atom is 0.409 e. The van der Waals surface area contributed by atoms with Gasteiger partial charge in [0.05, 0.1) is 6.61 Å². The lowest BCUT2D eigenvalue weighted by molar-refractivity contribution is -0.136. The van der Waals surface area contributed by atoms with Gasteiger partial charge in [-0.2, -0.15) is 0 Å². The molecule has 1 fully saturated rings. The van der Waals surface area contributed by atoms with Crippen LogP contribution in [0.15, 0.2) is 18.2 Å². The Balaban J connectivity index is 1.96. The van der Waals surface area contributed by atoms with Crippen molar-refractivity contribution in [2.45, 2.75) is 39.7 Å². The van der Waals surface area contributed by atoms with Gasteiger partial charge in [0.15, 0.2) is 0 Å². The van der Waals surface area contributed by atoms with Gasteiger partial charge in [0, 0.05) is 36.8 Å². The van der Waals surface area contributed by atoms with E-state index in [4.69, 9.17) is 16.3 Å². The van der Waals surface area contributed by atoms with E-state index < -0.39 is 0 Å². The molecule has 1 N–H and O–H groups in total. The molecule has 1 aliphatic heterocycles. The van der Waals surface area contributed by atoms with E-state index in [-0.39, 0.29) is 30.5 Å². The van der Waals surface area contributed by atoms with E-state index in [9.17, 15) is 14.4 Å². The Morgan fingerprint density at radius 3 is 2.56 bits per heavy atom. The summed E-state index contributed by atoms with van der Waals surface area (Å²) >= 11 is 6.08. The zero-order valence-electron chi connectivity index (χ0n) is 16.0. The van der Waals surface area contributed by atoms with E-state index in [1.807, 2.05) is 6.92 Å². The molecule has 27 heavy (non-hydrogen) atoms. The second kappa shape index (κ2) is 9.60. The first kappa shape index (κ1) is 21.0. The number of carbonyl (C=O) groups excluding carboxylic acids is 3. The first-order valence-corrected chi connectivity index (χ1v) is 9.45. The van der Waals surface area contributed by atoms with Crippen LogP contribution in [0.5, 0.6) is 0 Å². The molecule has 0 radical (unpaired) electrons. The average molecular weight is 396 g/mol. The molecule has 2 rings (SSSR count). The van der Waals surface area contributed by atoms with Gasteiger partial charge < -0.3 is 19.9 Å². The minimum absolute atomic E-state index is 0.0363. The van der Waals surface area contributed by atoms with Crippen molar-refractivity contribution in [2.24, 2.45) is 0 Å². The Hall–Kier alpha value is -2.28. The molecule has 1 aliphatic rings. The van der Waals surface area contributed by atoms with E-state index in [0.29, 0.717) is 43.2 Å². The van der Waals surface area contributed by atoms with Crippen LogP contribution in [0.4, 0.5) is 10.5 Å². The summed E-state index contributed by atoms with van der Waals surface area (Å²) in [6.45, 7) is 6.35. The number of carbonyl (C=O) groups is 3. The molecule has 0 aliphatic carbocycles. The molecule has 0 atom stereocenters. The minimum Gasteiger partial charge on any atom is -0.450 e. The monoisotopic (exact) mass is 395 g/mol. The largest absolute Gasteiger partial charge is 0.450 e. The minimum atomic E-state index is -0.334. The van der Waals surface area contributed by atoms with Crippen molar-refractivity contribution >= 4 is 35.2 Å². The van der Waals surface area contributed by atoms with Crippen LogP contribution in [0.25, 0.3) is 0 Å². The quantitative estimate of drug-likeness (QED) is 0.831. The van der Waals surface area contributed by atoms with E-state index in [2.05, 4.69) is 5.32 Å². The van der Waals surface area contributed by atoms with Crippen LogP contribution in [0, 0.1) is 6.92 Å². The molecular formula is C19H26ClN3O4. The Kier molecular flexibility index (Phi) is 7.47. The van der Waals surface area contributed by atoms with E-state index in [1.54, 1.807) is 34.9 Å². The number of rotatable bonds is 5. The fraction of sp³-hybridized carbons (Fsp3) is 0.526. The predicted octanol–water partition coefficient (Wildman–Crippen LogP) is 3.06. The van der Waals surface area contributed by atoms with Crippen LogP contribution < -0.4 is 5.32 Å². The van der Waals surface area contributed by atoms with Crippen LogP contribution in [0.3, 0.4) is 0 Å². The number of amides is 3. The highest BCUT2D eigenvalue weighted by Gasteiger charge is 2.30. The summed E-state index contributed by atoms with van der Waals surface area (Å²) in [5.74, 6) is -0.439. The normalized spacial score (nSPS) is 14.6. The fourth-order valence-electron chi connectivity index (χ4n) is 3.16. The van der Waals surface area contributed by atoms with Gasteiger partial charge in [-0.05, 0) is 44.4 Å². The lowest BCUT2D eigenvalue weighted by Gasteiger charge is -2.37. The van der Waals surface area contributed by atoms with Crippen molar-refractivity contribution in [3.8, 4) is 0 Å². The van der Waals surface area contributed by atoms with Gasteiger partial charge in [0.2, 0.25) is 11.8 Å². The summed E-state index contributed by atoms with van der Waals surface area (Å²) in [5, 5.41) is 3.39. The smallest absolute Gasteiger partial charge is 0.409 e. The molecule has 0 saturated carbocycles. The van der Waals surface area contributed by atoms with Gasteiger partial charge in [-0.3, -0.25) is 9.59 Å². The lowest BCUT2D eigenvalue weighted by Crippen LogP contribution is -2.50. The first-order chi connectivity index (χ1) is 12.8. The summed E-state index contributed by atoms with van der Waals surface area (Å²) in [6.07, 6.45) is 0.892. The van der Waals surface area contributed by atoms with Crippen LogP contribution in [0.2, 0.25) is 5.02 Å². The standard InChI is InChI=1S/C19H26ClN3O4/c1-4-27-19(26)22-10-8-15(9-11-22)23(14(3)24)12-18(25)21-17-7-5-6-16(20)13(17)2/h5-7,15H,4,8-12H2,1-3H3,(H,21,25). The number of benzene rings is 1. The molecule has 0 unspecified atom stereocenters. The van der Waals surface area contributed by atoms with Crippen molar-refractivity contribution in [3.63, 3.8) is 0 Å². The molecule has 1 heterocycles. The average Bonchev–Trinajstić information content (AvgIpc) is 2.64. The molecule has 1 aromatic rings. The fourth-order valence-corrected chi connectivity index (χ4v) is 3.33. The number of piperidine rings is 1. The second-order valence-electron chi connectivity index (χ2n) is 6.52. The van der Waals surface area contributed by atoms with Crippen molar-refractivity contribution < 1.29 is 19.1 Å². The van der Waals surface area contributed by atoms with E-state index in [0.717, 1.165) is 5.56 Å². The Morgan fingerprint density at radius 2 is 1.96 bits per heavy atom. The molecule has 0 bridgehead atoms. The van der Waals surface area contributed by atoms with Crippen LogP contribution in [0.1, 0.15) is 32.3 Å². The molecule has 1 aromatic carbocycles. The van der Waals surface area contributed by atoms with Gasteiger partial charge in [0.1, 0.15) is 6.54 Å². The topological polar surface area (TPSA) is 79.0 Å². The zero-order valence-corrected chi connectivity index (χ0v) is 16.7. The SMILES string of the molecule is CCOC(=O)N1CCC(N(CC(=O)Nc2cccc(Cl)c2C)C(C)=O)CC1. The molecule has 148 valence electrons. The van der Waals surface area contributed by atoms with Gasteiger partial charge in [-0.15, -0.1) is 0 Å². The lowest BCUT2D eigenvalue weighted by atomic mass is 10.0. The maximum absolute atomic E-state index is 12.5. The van der Waals surface area contributed by atoms with Crippen molar-refractivity contribution in [1.29, 1.82) is 0 Å². The van der Waals surface area contributed by atoms with Crippen LogP contribution in [-0.2, 0) is 14.3 Å². The molecule has 0 spiro atoms. The van der Waals surface area contributed by atoms with Crippen molar-refractivity contribution in [1.82, 2.24) is 9.80 Å². The summed E-state index contributed by atoms with van der Waals surface area (Å²) in [4.78, 5) is 39.5. The predicted molar refractivity (Wildman–Crippen MR) is 104 cm³/mol. The highest BCUT2D eigenvalue weighted by atomic mass is 35.5. The summed E-state index contributed by atoms with van der Waals surface area (Å²) in [7, 11) is 0. The number of ether oxygens (including phenoxy) is 1. The number of halogens is 1. The number of likely N-dealkylation sites (tertiary alicyclic amines) is 1. The summed E-state index contributed by atoms with van der Waals surface area (Å²) in [6, 6.07) is 5.21. The highest BCUT2D eigenvalue weighted by molar-refractivity contribution is 6.31. The number of hydrogen-bond acceptors (Lipinski definition) is 4. The zero-order chi connectivity index (χ0) is 20.0. The maximum atomic E-state index is 12.5. The van der Waals surface area contributed by atoms with E-state index >= 15 is 0 Å². The van der Waals surface area contributed by atoms with Crippen LogP contribution >= 0.6 is 11.6 Å². The molecule has 1 saturated heterocycles. The molecule has 3 amide bonds. The van der Waals surface area contributed by atoms with Gasteiger partial charge in [-0.25, -0.2) is 4.79 Å². The number of hydrogen-bond donors (Lipinski definition) is 1. The highest BCUT2D eigenvalue weighted by Crippen LogP contribution is 2.23. The first-order valence-electron chi connectivity index (χ1n) is 9.07. The summed E-state index contributed by atoms with van der Waals surface area (Å²) < 4.78 is 5.01. The van der Waals surface area contributed by atoms with Crippen molar-refractivity contribution in [2.75, 3.05) is 31.6 Å². The second-order valence-corrected chi connectivity index (χ2v) is 6.93. The Labute approximate surface area is 164 Å². The molecule has 7 nitrogen and oxygen atoms in total. The number of nitrogens with zero attached hydrogens (tertiary/aromatic N) is 2. The van der Waals surface area contributed by atoms with Crippen LogP contribution in [-0.4, -0.2) is 60.0 Å². The molecular weight excluding hydrogens is 370 g/mol. The van der Waals surface area contributed by atoms with Gasteiger partial charge >= 0.3 is 6.09 Å². The third-order valence-electron chi connectivity index (χ3n) is 4.69. The Bertz CT molecular complexity index is 702. The summed E-state index contributed by atoms with van der Waals surface area (Å²) in [5.41, 5.74) is 1.41. The van der Waals surface area contributed by atoms with E-state index in [1.165, 1.54) is 6.92 Å². The Morgan fingerprint density at radius 1 is 1.30 bits per heavy atom. The third-order valence-corrected chi connectivity index (χ3v) is 5.10. The van der Waals surface area contributed by atoms with Crippen molar-refractivity contribution in [3.05, 3.63) is 28.8 Å². The number of anilines is 1. The van der Waals surface area contributed by atoms with Gasteiger partial charge in [-0.1, -0.05) is 17.7 Å². The third kappa shape index (κ3) is 5.60. The molecule has 8 heteroatoms.